The van der Waals surface area contributed by atoms with E-state index in [-0.39, 0.29) is 5.16 Å². The predicted molar refractivity (Wildman–Crippen MR) is 48.3 cm³/mol. The van der Waals surface area contributed by atoms with E-state index in [4.69, 9.17) is 0 Å². The molecule has 60 valence electrons. The highest BCUT2D eigenvalue weighted by atomic mass is 31.0. The first kappa shape index (κ1) is 10.1. The van der Waals surface area contributed by atoms with Crippen molar-refractivity contribution in [3.05, 3.63) is 0 Å². The second-order valence-electron chi connectivity index (χ2n) is 3.34. The molecule has 10 heavy (non-hydrogen) atoms. The third kappa shape index (κ3) is 4.00. The van der Waals surface area contributed by atoms with Crippen LogP contribution in [0.2, 0.25) is 0 Å². The zero-order chi connectivity index (χ0) is 8.20. The third-order valence-corrected chi connectivity index (χ3v) is 2.13. The summed E-state index contributed by atoms with van der Waals surface area (Å²) in [6.07, 6.45) is 3.14. The van der Waals surface area contributed by atoms with E-state index in [1.165, 1.54) is 0 Å². The number of hydrogen-bond donors (Lipinski definition) is 0. The second kappa shape index (κ2) is 4.08. The maximum absolute atomic E-state index is 10.5. The van der Waals surface area contributed by atoms with Crippen molar-refractivity contribution in [2.75, 3.05) is 0 Å². The summed E-state index contributed by atoms with van der Waals surface area (Å²) in [6.45, 7) is 6.28. The first-order valence-corrected chi connectivity index (χ1v) is 4.34. The van der Waals surface area contributed by atoms with E-state index >= 15 is 0 Å². The largest absolute Gasteiger partial charge is 0.302 e. The van der Waals surface area contributed by atoms with Gasteiger partial charge in [0.05, 0.1) is 0 Å². The van der Waals surface area contributed by atoms with E-state index in [9.17, 15) is 4.79 Å². The van der Waals surface area contributed by atoms with Crippen molar-refractivity contribution in [3.63, 3.8) is 0 Å². The standard InChI is InChI=1S/C8H17OP/c1-4-7(2)5-8(3,10)6-9/h6-7H,4-5,10H2,1-3H3. The average Bonchev–Trinajstić information content (AvgIpc) is 1.87. The number of aldehydes is 1. The molecule has 0 aromatic rings. The molecule has 0 aromatic carbocycles. The number of hydrogen-bond acceptors (Lipinski definition) is 1. The molecule has 0 bridgehead atoms. The van der Waals surface area contributed by atoms with Crippen LogP contribution in [0.3, 0.4) is 0 Å². The Hall–Kier alpha value is 0.100. The summed E-state index contributed by atoms with van der Waals surface area (Å²) in [4.78, 5) is 10.5. The molecule has 3 atom stereocenters. The maximum Gasteiger partial charge on any atom is 0.129 e. The molecule has 0 heterocycles. The van der Waals surface area contributed by atoms with Crippen LogP contribution in [0.25, 0.3) is 0 Å². The summed E-state index contributed by atoms with van der Waals surface area (Å²) in [5.74, 6) is 0.646. The molecule has 0 radical (unpaired) electrons. The van der Waals surface area contributed by atoms with Crippen LogP contribution in [-0.4, -0.2) is 11.4 Å². The molecule has 2 heteroatoms. The summed E-state index contributed by atoms with van der Waals surface area (Å²) in [5.41, 5.74) is 0. The maximum atomic E-state index is 10.5. The third-order valence-electron chi connectivity index (χ3n) is 1.75. The van der Waals surface area contributed by atoms with Crippen molar-refractivity contribution in [2.24, 2.45) is 5.92 Å². The van der Waals surface area contributed by atoms with Gasteiger partial charge in [-0.3, -0.25) is 0 Å². The molecular weight excluding hydrogens is 143 g/mol. The van der Waals surface area contributed by atoms with Gasteiger partial charge in [0.15, 0.2) is 0 Å². The fraction of sp³-hybridized carbons (Fsp3) is 0.875. The van der Waals surface area contributed by atoms with Crippen LogP contribution < -0.4 is 0 Å². The van der Waals surface area contributed by atoms with Gasteiger partial charge in [0.25, 0.3) is 0 Å². The van der Waals surface area contributed by atoms with E-state index < -0.39 is 0 Å². The Morgan fingerprint density at radius 1 is 1.70 bits per heavy atom. The van der Waals surface area contributed by atoms with Crippen LogP contribution in [0.5, 0.6) is 0 Å². The Balaban J connectivity index is 3.75. The Morgan fingerprint density at radius 3 is 2.50 bits per heavy atom. The van der Waals surface area contributed by atoms with Gasteiger partial charge < -0.3 is 4.79 Å². The minimum absolute atomic E-state index is 0.199. The lowest BCUT2D eigenvalue weighted by Crippen LogP contribution is -2.20. The highest BCUT2D eigenvalue weighted by molar-refractivity contribution is 7.20. The predicted octanol–water partition coefficient (Wildman–Crippen LogP) is 2.26. The SMILES string of the molecule is CCC(C)CC(C)(P)C=O. The van der Waals surface area contributed by atoms with E-state index in [0.29, 0.717) is 5.92 Å². The van der Waals surface area contributed by atoms with E-state index in [0.717, 1.165) is 19.1 Å². The van der Waals surface area contributed by atoms with Crippen LogP contribution in [-0.2, 0) is 4.79 Å². The van der Waals surface area contributed by atoms with Crippen LogP contribution in [0.4, 0.5) is 0 Å². The van der Waals surface area contributed by atoms with Crippen LogP contribution >= 0.6 is 9.24 Å². The van der Waals surface area contributed by atoms with Gasteiger partial charge in [0.2, 0.25) is 0 Å². The topological polar surface area (TPSA) is 17.1 Å². The molecule has 0 rings (SSSR count). The monoisotopic (exact) mass is 160 g/mol. The fourth-order valence-electron chi connectivity index (χ4n) is 0.943. The van der Waals surface area contributed by atoms with Crippen molar-refractivity contribution < 1.29 is 4.79 Å². The van der Waals surface area contributed by atoms with Gasteiger partial charge in [0.1, 0.15) is 6.29 Å². The summed E-state index contributed by atoms with van der Waals surface area (Å²) in [7, 11) is 2.60. The number of carbonyl (C=O) groups excluding carboxylic acids is 1. The second-order valence-corrected chi connectivity index (χ2v) is 4.66. The molecule has 3 unspecified atom stereocenters. The Labute approximate surface area is 65.8 Å². The zero-order valence-electron chi connectivity index (χ0n) is 7.05. The molecule has 0 aromatic heterocycles. The smallest absolute Gasteiger partial charge is 0.129 e. The normalized spacial score (nSPS) is 19.6. The quantitative estimate of drug-likeness (QED) is 0.455. The van der Waals surface area contributed by atoms with Gasteiger partial charge in [-0.15, -0.1) is 9.24 Å². The fourth-order valence-corrected chi connectivity index (χ4v) is 1.35. The molecule has 0 saturated heterocycles. The molecule has 0 aliphatic rings. The number of rotatable bonds is 4. The van der Waals surface area contributed by atoms with E-state index in [1.807, 2.05) is 6.92 Å². The van der Waals surface area contributed by atoms with Gasteiger partial charge >= 0.3 is 0 Å². The van der Waals surface area contributed by atoms with Crippen molar-refractivity contribution in [3.8, 4) is 0 Å². The highest BCUT2D eigenvalue weighted by Gasteiger charge is 2.18. The first-order valence-electron chi connectivity index (χ1n) is 3.77. The van der Waals surface area contributed by atoms with E-state index in [2.05, 4.69) is 23.1 Å². The van der Waals surface area contributed by atoms with Crippen molar-refractivity contribution >= 4 is 15.5 Å². The molecule has 0 fully saturated rings. The van der Waals surface area contributed by atoms with Gasteiger partial charge in [-0.25, -0.2) is 0 Å². The molecule has 0 spiro atoms. The van der Waals surface area contributed by atoms with Gasteiger partial charge in [-0.1, -0.05) is 20.3 Å². The van der Waals surface area contributed by atoms with E-state index in [1.54, 1.807) is 0 Å². The molecule has 0 N–H and O–H groups in total. The molecular formula is C8H17OP. The summed E-state index contributed by atoms with van der Waals surface area (Å²) >= 11 is 0. The Bertz CT molecular complexity index is 110. The molecule has 0 aliphatic carbocycles. The minimum Gasteiger partial charge on any atom is -0.302 e. The van der Waals surface area contributed by atoms with Crippen LogP contribution in [0, 0.1) is 5.92 Å². The van der Waals surface area contributed by atoms with Crippen molar-refractivity contribution in [2.45, 2.75) is 38.8 Å². The highest BCUT2D eigenvalue weighted by Crippen LogP contribution is 2.25. The van der Waals surface area contributed by atoms with Crippen LogP contribution in [0.15, 0.2) is 0 Å². The summed E-state index contributed by atoms with van der Waals surface area (Å²) < 4.78 is 0. The lowest BCUT2D eigenvalue weighted by atomic mass is 9.96. The molecule has 0 amide bonds. The average molecular weight is 160 g/mol. The minimum atomic E-state index is -0.199. The van der Waals surface area contributed by atoms with Gasteiger partial charge in [0, 0.05) is 5.16 Å². The van der Waals surface area contributed by atoms with Crippen molar-refractivity contribution in [1.82, 2.24) is 0 Å². The Kier molecular flexibility index (Phi) is 4.12. The van der Waals surface area contributed by atoms with Crippen LogP contribution in [0.1, 0.15) is 33.6 Å². The molecule has 0 saturated carbocycles. The first-order chi connectivity index (χ1) is 4.52. The van der Waals surface area contributed by atoms with Crippen molar-refractivity contribution in [1.29, 1.82) is 0 Å². The lowest BCUT2D eigenvalue weighted by Gasteiger charge is -2.20. The van der Waals surface area contributed by atoms with Gasteiger partial charge in [-0.05, 0) is 19.3 Å². The zero-order valence-corrected chi connectivity index (χ0v) is 8.21. The Morgan fingerprint density at radius 2 is 2.20 bits per heavy atom. The molecule has 0 aliphatic heterocycles. The van der Waals surface area contributed by atoms with Gasteiger partial charge in [-0.2, -0.15) is 0 Å². The number of carbonyl (C=O) groups is 1. The summed E-state index contributed by atoms with van der Waals surface area (Å²) in [6, 6.07) is 0. The lowest BCUT2D eigenvalue weighted by molar-refractivity contribution is -0.109. The molecule has 1 nitrogen and oxygen atoms in total. The summed E-state index contributed by atoms with van der Waals surface area (Å²) in [5, 5.41) is -0.199.